The Morgan fingerprint density at radius 1 is 0.207 bits per heavy atom. The second kappa shape index (κ2) is 65.0. The molecule has 121 heavy (non-hydrogen) atoms. The number of benzene rings is 11. The summed E-state index contributed by atoms with van der Waals surface area (Å²) in [5, 5.41) is 0. The Kier molecular flexibility index (Phi) is 61.9. The first-order valence-electron chi connectivity index (χ1n) is 37.6. The van der Waals surface area contributed by atoms with Gasteiger partial charge in [0.05, 0.1) is 11.1 Å². The molecule has 0 atom stereocenters. The molecule has 0 saturated heterocycles. The van der Waals surface area contributed by atoms with Crippen LogP contribution < -0.4 is 0 Å². The molecule has 0 aliphatic heterocycles. The van der Waals surface area contributed by atoms with E-state index in [1.54, 1.807) is 103 Å². The molecular weight excluding hydrogens is 1540 g/mol. The summed E-state index contributed by atoms with van der Waals surface area (Å²) in [5.41, 5.74) is 17.4. The minimum absolute atomic E-state index is 0. The molecule has 0 N–H and O–H groups in total. The highest BCUT2D eigenvalue weighted by Gasteiger charge is 2.30. The molecule has 0 unspecified atom stereocenters. The van der Waals surface area contributed by atoms with E-state index in [1.165, 1.54) is 93.9 Å². The van der Waals surface area contributed by atoms with Crippen LogP contribution in [0, 0.1) is 168 Å². The van der Waals surface area contributed by atoms with E-state index in [-0.39, 0.29) is 52.7 Å². The molecule has 0 spiro atoms. The van der Waals surface area contributed by atoms with Crippen LogP contribution in [0.1, 0.15) is 152 Å². The van der Waals surface area contributed by atoms with Gasteiger partial charge in [0.2, 0.25) is 0 Å². The van der Waals surface area contributed by atoms with E-state index >= 15 is 0 Å². The predicted octanol–water partition coefficient (Wildman–Crippen LogP) is 32.6. The molecule has 0 saturated carbocycles. The first kappa shape index (κ1) is 115. The van der Waals surface area contributed by atoms with Gasteiger partial charge in [0.15, 0.2) is 0 Å². The molecule has 15 heteroatoms. The monoisotopic (exact) mass is 1670 g/mol. The number of aromatic nitrogens is 4. The van der Waals surface area contributed by atoms with E-state index in [0.717, 1.165) is 52.5 Å². The Bertz CT molecular complexity index is 4340. The van der Waals surface area contributed by atoms with Crippen molar-refractivity contribution in [3.05, 3.63) is 474 Å². The van der Waals surface area contributed by atoms with Crippen molar-refractivity contribution in [3.8, 4) is 0 Å². The molecule has 0 aliphatic carbocycles. The number of hydrogen-bond donors (Lipinski definition) is 0. The second-order valence-corrected chi connectivity index (χ2v) is 27.4. The number of halogens is 11. The summed E-state index contributed by atoms with van der Waals surface area (Å²) >= 11 is 0. The Labute approximate surface area is 718 Å². The summed E-state index contributed by atoms with van der Waals surface area (Å²) in [5.74, 6) is -0.475. The minimum atomic E-state index is -4.22. The maximum Gasteiger partial charge on any atom is 0.416 e. The topological polar surface area (TPSA) is 51.6 Å². The fourth-order valence-electron chi connectivity index (χ4n) is 8.66. The number of pyridine rings is 2. The molecule has 3 heterocycles. The van der Waals surface area contributed by atoms with Gasteiger partial charge in [-0.25, -0.2) is 31.9 Å². The molecule has 4 nitrogen and oxygen atoms in total. The summed E-state index contributed by atoms with van der Waals surface area (Å²) < 4.78 is 135. The summed E-state index contributed by atoms with van der Waals surface area (Å²) in [7, 11) is 0. The number of aryl methyl sites for hydroxylation is 19. The maximum atomic E-state index is 12.6. The van der Waals surface area contributed by atoms with Crippen LogP contribution in [-0.2, 0) is 12.4 Å². The molecule has 0 aliphatic rings. The molecule has 0 fully saturated rings. The van der Waals surface area contributed by atoms with Gasteiger partial charge in [-0.15, -0.1) is 0 Å². The highest BCUT2D eigenvalue weighted by atomic mass is 19.4. The zero-order valence-corrected chi connectivity index (χ0v) is 71.0. The van der Waals surface area contributed by atoms with Crippen LogP contribution in [0.5, 0.6) is 0 Å². The van der Waals surface area contributed by atoms with E-state index in [4.69, 9.17) is 0 Å². The Hall–Kier alpha value is -12.0. The second-order valence-electron chi connectivity index (χ2n) is 27.4. The summed E-state index contributed by atoms with van der Waals surface area (Å²) in [6.45, 7) is 37.7. The third kappa shape index (κ3) is 59.4. The lowest BCUT2D eigenvalue weighted by Crippen LogP contribution is -2.04. The average molecular weight is 1670 g/mol. The average Bonchev–Trinajstić information content (AvgIpc) is 0.866. The van der Waals surface area contributed by atoms with Crippen molar-refractivity contribution >= 4 is 0 Å². The standard InChI is InChI=1S/2C8H7F3.C8H8F2.3C8H9F.2C8H10.3C7H8.2C6H7N.C5H6N2.4CH4/c2*1-6-3-2-4-7(5-6)8(9,10)11;1-5-3-7(9)6(2)8(10)4-5;3*1-6-3-4-7(2)8(9)5-6;2*1-7-3-5-8(2)6-4-7;3*1-7-5-3-2-4-6-7;1-6-3-2-4-7-5-6;1-6-4-2-3-5-7-6;1-5-6-3-2-4-7-5;;;;/h2*2-5H,1H3;3-4H,1-2H3;3*3-5H,1-2H3;2*3-6H,1-2H3;3*2-6H,1H3;2*2-5H,1H3;2-4H,1H3;4*1H4. The van der Waals surface area contributed by atoms with Crippen molar-refractivity contribution in [1.82, 2.24) is 19.9 Å². The summed E-state index contributed by atoms with van der Waals surface area (Å²) in [6.07, 6.45) is 0.408. The molecular formula is C106H129F11N4. The number of alkyl halides is 6. The predicted molar refractivity (Wildman–Crippen MR) is 493 cm³/mol. The van der Waals surface area contributed by atoms with Crippen molar-refractivity contribution in [3.63, 3.8) is 0 Å². The number of hydrogen-bond acceptors (Lipinski definition) is 4. The molecule has 0 bridgehead atoms. The van der Waals surface area contributed by atoms with E-state index in [1.807, 2.05) is 151 Å². The minimum Gasteiger partial charge on any atom is -0.264 e. The van der Waals surface area contributed by atoms with Gasteiger partial charge >= 0.3 is 12.4 Å². The van der Waals surface area contributed by atoms with Gasteiger partial charge in [-0.3, -0.25) is 9.97 Å². The lowest BCUT2D eigenvalue weighted by atomic mass is 10.1. The SMILES string of the molecule is C.C.C.C.Cc1cc(F)c(C)c(F)c1.Cc1ccc(C)c(F)c1.Cc1ccc(C)c(F)c1.Cc1ccc(C)c(F)c1.Cc1ccc(C)cc1.Cc1ccc(C)cc1.Cc1cccc(C(F)(F)F)c1.Cc1cccc(C(F)(F)F)c1.Cc1ccccc1.Cc1ccccc1.Cc1ccccc1.Cc1ccccn1.Cc1cccnc1.Cc1ncccn1. The largest absolute Gasteiger partial charge is 0.416 e. The van der Waals surface area contributed by atoms with E-state index < -0.39 is 35.1 Å². The highest BCUT2D eigenvalue weighted by molar-refractivity contribution is 5.29. The highest BCUT2D eigenvalue weighted by Crippen LogP contribution is 2.30. The zero-order chi connectivity index (χ0) is 87.9. The van der Waals surface area contributed by atoms with Crippen LogP contribution in [0.25, 0.3) is 0 Å². The Morgan fingerprint density at radius 2 is 0.463 bits per heavy atom. The van der Waals surface area contributed by atoms with Crippen molar-refractivity contribution in [2.45, 2.75) is 181 Å². The van der Waals surface area contributed by atoms with Crippen LogP contribution in [0.3, 0.4) is 0 Å². The molecule has 650 valence electrons. The first-order valence-corrected chi connectivity index (χ1v) is 37.6. The van der Waals surface area contributed by atoms with E-state index in [9.17, 15) is 48.3 Å². The van der Waals surface area contributed by atoms with Crippen LogP contribution in [-0.4, -0.2) is 19.9 Å². The quantitative estimate of drug-likeness (QED) is 0.142. The zero-order valence-electron chi connectivity index (χ0n) is 71.0. The molecule has 0 amide bonds. The smallest absolute Gasteiger partial charge is 0.264 e. The molecule has 14 rings (SSSR count). The van der Waals surface area contributed by atoms with Crippen LogP contribution in [0.4, 0.5) is 48.3 Å². The number of rotatable bonds is 0. The lowest BCUT2D eigenvalue weighted by Gasteiger charge is -2.05. The van der Waals surface area contributed by atoms with Gasteiger partial charge in [-0.05, 0) is 250 Å². The van der Waals surface area contributed by atoms with Gasteiger partial charge in [-0.1, -0.05) is 304 Å². The molecule has 11 aromatic carbocycles. The van der Waals surface area contributed by atoms with E-state index in [0.29, 0.717) is 33.4 Å². The lowest BCUT2D eigenvalue weighted by molar-refractivity contribution is -0.138. The van der Waals surface area contributed by atoms with Crippen LogP contribution in [0.2, 0.25) is 0 Å². The van der Waals surface area contributed by atoms with Gasteiger partial charge in [-0.2, -0.15) is 26.3 Å². The normalized spacial score (nSPS) is 9.35. The van der Waals surface area contributed by atoms with Gasteiger partial charge in [0.25, 0.3) is 0 Å². The van der Waals surface area contributed by atoms with Crippen molar-refractivity contribution in [2.75, 3.05) is 0 Å². The first-order chi connectivity index (χ1) is 55.1. The van der Waals surface area contributed by atoms with Gasteiger partial charge < -0.3 is 0 Å². The summed E-state index contributed by atoms with van der Waals surface area (Å²) in [4.78, 5) is 15.6. The third-order valence-electron chi connectivity index (χ3n) is 15.7. The van der Waals surface area contributed by atoms with Gasteiger partial charge in [0, 0.05) is 42.2 Å². The van der Waals surface area contributed by atoms with Crippen molar-refractivity contribution in [1.29, 1.82) is 0 Å². The number of nitrogens with zero attached hydrogens (tertiary/aromatic N) is 4. The van der Waals surface area contributed by atoms with Crippen LogP contribution in [0.15, 0.2) is 322 Å². The Morgan fingerprint density at radius 3 is 0.645 bits per heavy atom. The van der Waals surface area contributed by atoms with Gasteiger partial charge in [0.1, 0.15) is 34.9 Å². The molecule has 14 aromatic rings. The fraction of sp³-hybridized carbons (Fsp3) is 0.245. The fourth-order valence-corrected chi connectivity index (χ4v) is 8.66. The maximum absolute atomic E-state index is 12.6. The van der Waals surface area contributed by atoms with Crippen molar-refractivity contribution in [2.24, 2.45) is 0 Å². The Balaban J connectivity index is -0.000000609. The summed E-state index contributed by atoms with van der Waals surface area (Å²) in [6, 6.07) is 88.1. The third-order valence-corrected chi connectivity index (χ3v) is 15.7. The van der Waals surface area contributed by atoms with E-state index in [2.05, 4.69) is 153 Å². The molecule has 3 aromatic heterocycles. The van der Waals surface area contributed by atoms with Crippen LogP contribution >= 0.6 is 0 Å². The van der Waals surface area contributed by atoms with Crippen molar-refractivity contribution < 1.29 is 48.3 Å². The molecule has 0 radical (unpaired) electrons.